The normalized spacial score (nSPS) is 55.1. The van der Waals surface area contributed by atoms with Gasteiger partial charge in [-0.05, 0) is 314 Å². The highest BCUT2D eigenvalue weighted by molar-refractivity contribution is 5.47. The van der Waals surface area contributed by atoms with Crippen LogP contribution in [0.3, 0.4) is 0 Å². The second kappa shape index (κ2) is 31.3. The van der Waals surface area contributed by atoms with Gasteiger partial charge < -0.3 is 135 Å². The number of ether oxygens (including phenoxy) is 9. The van der Waals surface area contributed by atoms with Crippen molar-refractivity contribution >= 4 is 0 Å². The van der Waals surface area contributed by atoms with Gasteiger partial charge >= 0.3 is 0 Å². The molecule has 6 heterocycles. The molecule has 0 radical (unpaired) electrons. The summed E-state index contributed by atoms with van der Waals surface area (Å²) in [5.41, 5.74) is -1.50. The predicted molar refractivity (Wildman–Crippen MR) is 482 cm³/mol. The Bertz CT molecular complexity index is 4070. The van der Waals surface area contributed by atoms with Crippen LogP contribution in [0.2, 0.25) is 0 Å². The third kappa shape index (κ3) is 13.0. The van der Waals surface area contributed by atoms with Crippen LogP contribution in [0.5, 0.6) is 0 Å². The van der Waals surface area contributed by atoms with Crippen molar-refractivity contribution in [3.05, 3.63) is 34.0 Å². The summed E-state index contributed by atoms with van der Waals surface area (Å²) in [4.78, 5) is 0. The Kier molecular flexibility index (Phi) is 23.4. The van der Waals surface area contributed by atoms with Gasteiger partial charge in [0.1, 0.15) is 127 Å². The molecular weight excluding hydrogens is 1690 g/mol. The lowest BCUT2D eigenvalue weighted by Gasteiger charge is -2.63. The van der Waals surface area contributed by atoms with Crippen molar-refractivity contribution in [1.82, 2.24) is 0 Å². The fourth-order valence-corrected chi connectivity index (χ4v) is 37.8. The van der Waals surface area contributed by atoms with Crippen molar-refractivity contribution in [2.45, 2.75) is 463 Å². The molecule has 21 rings (SSSR count). The summed E-state index contributed by atoms with van der Waals surface area (Å²) in [6.45, 7) is 43.8. The Labute approximate surface area is 782 Å². The van der Waals surface area contributed by atoms with Crippen molar-refractivity contribution in [2.75, 3.05) is 19.8 Å². The van der Waals surface area contributed by atoms with Crippen molar-refractivity contribution in [2.24, 2.45) is 134 Å². The van der Waals surface area contributed by atoms with Crippen molar-refractivity contribution < 1.29 is 135 Å². The lowest BCUT2D eigenvalue weighted by Crippen LogP contribution is -2.61. The molecule has 0 amide bonds. The lowest BCUT2D eigenvalue weighted by atomic mass is 9.41. The van der Waals surface area contributed by atoms with E-state index in [1.807, 2.05) is 0 Å². The maximum Gasteiger partial charge on any atom is 0.186 e. The van der Waals surface area contributed by atoms with Crippen LogP contribution >= 0.6 is 0 Å². The van der Waals surface area contributed by atoms with Gasteiger partial charge in [-0.2, -0.15) is 0 Å². The Morgan fingerprint density at radius 3 is 0.750 bits per heavy atom. The van der Waals surface area contributed by atoms with E-state index in [2.05, 4.69) is 104 Å². The average molecular weight is 1860 g/mol. The number of hydrogen-bond donors (Lipinski definition) is 18. The first-order chi connectivity index (χ1) is 61.1. The van der Waals surface area contributed by atoms with E-state index in [0.29, 0.717) is 72.0 Å². The van der Waals surface area contributed by atoms with Gasteiger partial charge in [-0.3, -0.25) is 0 Å². The van der Waals surface area contributed by atoms with E-state index in [4.69, 9.17) is 42.6 Å². The second-order valence-electron chi connectivity index (χ2n) is 52.8. The molecule has 6 aliphatic heterocycles. The summed E-state index contributed by atoms with van der Waals surface area (Å²) >= 11 is 0. The minimum Gasteiger partial charge on any atom is -0.489 e. The molecule has 132 heavy (non-hydrogen) atoms. The highest BCUT2D eigenvalue weighted by Gasteiger charge is 2.88. The molecule has 27 nitrogen and oxygen atoms in total. The van der Waals surface area contributed by atoms with Crippen LogP contribution in [0, 0.1) is 134 Å². The second-order valence-corrected chi connectivity index (χ2v) is 52.8. The molecule has 15 aliphatic carbocycles. The molecule has 27 heteroatoms. The van der Waals surface area contributed by atoms with E-state index in [-0.39, 0.29) is 137 Å². The minimum atomic E-state index is -1.30. The molecule has 3 saturated heterocycles. The summed E-state index contributed by atoms with van der Waals surface area (Å²) in [6, 6.07) is 0. The van der Waals surface area contributed by atoms with Crippen molar-refractivity contribution in [3.63, 3.8) is 0 Å². The standard InChI is InChI=1S/3C35H56O9/c3*1-17-14-19(27(39)31(4,5)41)43-26-23(17)32(6)12-13-35-16-34(35)11-10-22(44-29-25(38)24(37)18(36)15-42-29)30(2,3)20(34)8-9-21(35)33(32,7)28(26)40/h3*17-22,24-25,27-29,36-41H,8-16H2,1-7H3/t17-,18+,19-,20+,21+,22+,24+,25-,27+,28+,29+,32-,33-,34-,35+;17-,18-,19-,20+,21+,22+,24+,25-,27+,28+,29+,32-,33-,34-,35+;17-,18-,19-,20+,21+,22+,24+,25-,27-,28+,29+,32-,33-,34-,35+/m111/s1. The molecule has 0 aromatic heterocycles. The minimum absolute atomic E-state index is 0.0638. The van der Waals surface area contributed by atoms with Gasteiger partial charge in [0.25, 0.3) is 0 Å². The number of allylic oxidation sites excluding steroid dienone is 3. The molecular formula is C105H168O27. The zero-order valence-corrected chi connectivity index (χ0v) is 82.9. The van der Waals surface area contributed by atoms with Gasteiger partial charge in [0.05, 0.1) is 54.9 Å². The quantitative estimate of drug-likeness (QED) is 0.0810. The lowest BCUT2D eigenvalue weighted by molar-refractivity contribution is -0.303. The van der Waals surface area contributed by atoms with Crippen LogP contribution in [0.4, 0.5) is 0 Å². The molecule has 18 N–H and O–H groups in total. The van der Waals surface area contributed by atoms with E-state index in [1.54, 1.807) is 41.5 Å². The first-order valence-corrected chi connectivity index (χ1v) is 51.5. The first kappa shape index (κ1) is 98.4. The van der Waals surface area contributed by atoms with Gasteiger partial charge in [-0.15, -0.1) is 0 Å². The summed E-state index contributed by atoms with van der Waals surface area (Å²) in [5.74, 6) is 4.71. The molecule has 21 aliphatic rings. The van der Waals surface area contributed by atoms with E-state index in [1.165, 1.54) is 36.0 Å². The van der Waals surface area contributed by atoms with E-state index in [9.17, 15) is 91.9 Å². The number of aliphatic hydroxyl groups is 18. The Hall–Kier alpha value is -2.34. The number of fused-ring (bicyclic) bond motifs is 9. The van der Waals surface area contributed by atoms with Gasteiger partial charge in [-0.25, -0.2) is 0 Å². The molecule has 15 fully saturated rings. The SMILES string of the molecule is C[C@@H]1C[C@H]([C@@H](O)C(C)(C)O)OC2=C1[C@@]1(C)CC[C@@]34C[C@@]35CC[C@H](O[C@@H]3OC[C@@H](O)[C@H](O)[C@H]3O)C(C)(C)[C@@H]5CC[C@H]4[C@]1(C)[C@H]2O.C[C@@H]1C[C@H]([C@H](O)C(C)(C)O)OC2=C1[C@@]1(C)CC[C@@]34C[C@@]35CC[C@H](O[C@@H]3OC[C@@H](O)[C@H](O)[C@H]3O)C(C)(C)[C@@H]5CC[C@H]4[C@]1(C)[C@H]2O.C[C@@H]1C[C@H]([C@H](O)C(C)(C)O)OC2=C1[C@@]1(C)CC[C@@]34C[C@@]35CC[C@H](O[C@@H]3OC[C@H](O)[C@H](O)[C@H]3O)C(C)(C)[C@@H]5CC[C@H]4[C@]1(C)[C@H]2O. The van der Waals surface area contributed by atoms with Gasteiger partial charge in [0.15, 0.2) is 18.9 Å². The summed E-state index contributed by atoms with van der Waals surface area (Å²) in [5, 5.41) is 194. The van der Waals surface area contributed by atoms with Crippen LogP contribution in [-0.2, 0) is 42.6 Å². The zero-order chi connectivity index (χ0) is 96.0. The molecule has 750 valence electrons. The maximum atomic E-state index is 12.3. The number of rotatable bonds is 12. The van der Waals surface area contributed by atoms with E-state index >= 15 is 0 Å². The topological polar surface area (TPSA) is 447 Å². The maximum absolute atomic E-state index is 12.3. The van der Waals surface area contributed by atoms with Crippen LogP contribution in [0.1, 0.15) is 299 Å². The predicted octanol–water partition coefficient (Wildman–Crippen LogP) is 9.08. The van der Waals surface area contributed by atoms with Gasteiger partial charge in [0, 0.05) is 32.5 Å². The summed E-state index contributed by atoms with van der Waals surface area (Å²) in [6.07, 6.45) is 2.01. The van der Waals surface area contributed by atoms with E-state index in [0.717, 1.165) is 116 Å². The van der Waals surface area contributed by atoms with Gasteiger partial charge in [0.2, 0.25) is 0 Å². The van der Waals surface area contributed by atoms with Crippen LogP contribution in [0.25, 0.3) is 0 Å². The van der Waals surface area contributed by atoms with Crippen molar-refractivity contribution in [3.8, 4) is 0 Å². The fraction of sp³-hybridized carbons (Fsp3) is 0.943. The molecule has 45 atom stereocenters. The third-order valence-corrected chi connectivity index (χ3v) is 45.0. The Balaban J connectivity index is 0.000000128. The summed E-state index contributed by atoms with van der Waals surface area (Å²) < 4.78 is 55.8. The average Bonchev–Trinajstić information content (AvgIpc) is 1.46. The van der Waals surface area contributed by atoms with Crippen LogP contribution in [-0.4, -0.2) is 276 Å². The molecule has 0 bridgehead atoms. The number of hydrogen-bond acceptors (Lipinski definition) is 27. The highest BCUT2D eigenvalue weighted by Crippen LogP contribution is 2.93. The monoisotopic (exact) mass is 1860 g/mol. The first-order valence-electron chi connectivity index (χ1n) is 51.5. The largest absolute Gasteiger partial charge is 0.489 e. The number of aliphatic hydroxyl groups excluding tert-OH is 15. The zero-order valence-electron chi connectivity index (χ0n) is 82.9. The fourth-order valence-electron chi connectivity index (χ4n) is 37.8. The third-order valence-electron chi connectivity index (χ3n) is 45.0. The summed E-state index contributed by atoms with van der Waals surface area (Å²) in [7, 11) is 0. The van der Waals surface area contributed by atoms with Crippen molar-refractivity contribution in [1.29, 1.82) is 0 Å². The Morgan fingerprint density at radius 1 is 0.303 bits per heavy atom. The van der Waals surface area contributed by atoms with Gasteiger partial charge in [-0.1, -0.05) is 104 Å². The molecule has 0 unspecified atom stereocenters. The molecule has 12 saturated carbocycles. The molecule has 6 spiro atoms. The van der Waals surface area contributed by atoms with Crippen LogP contribution in [0.15, 0.2) is 34.0 Å². The van der Waals surface area contributed by atoms with Crippen LogP contribution < -0.4 is 0 Å². The van der Waals surface area contributed by atoms with E-state index < -0.39 is 146 Å². The molecule has 0 aromatic rings. The highest BCUT2D eigenvalue weighted by atomic mass is 16.7. The Morgan fingerprint density at radius 2 is 0.523 bits per heavy atom. The molecule has 0 aromatic carbocycles. The smallest absolute Gasteiger partial charge is 0.186 e.